The van der Waals surface area contributed by atoms with E-state index in [0.717, 1.165) is 16.9 Å². The third-order valence-electron chi connectivity index (χ3n) is 4.83. The normalized spacial score (nSPS) is 18.7. The van der Waals surface area contributed by atoms with Crippen LogP contribution < -0.4 is 14.8 Å². The van der Waals surface area contributed by atoms with E-state index in [0.29, 0.717) is 37.4 Å². The molecule has 12 heteroatoms. The van der Waals surface area contributed by atoms with E-state index >= 15 is 0 Å². The summed E-state index contributed by atoms with van der Waals surface area (Å²) in [6.45, 7) is 5.55. The Hall–Kier alpha value is -1.83. The Kier molecular flexibility index (Phi) is 8.42. The van der Waals surface area contributed by atoms with Gasteiger partial charge in [-0.3, -0.25) is 0 Å². The van der Waals surface area contributed by atoms with E-state index in [-0.39, 0.29) is 21.0 Å². The molecule has 1 aliphatic heterocycles. The number of hydrogen-bond donors (Lipinski definition) is 2. The second-order valence-electron chi connectivity index (χ2n) is 7.20. The van der Waals surface area contributed by atoms with Crippen LogP contribution in [0.3, 0.4) is 0 Å². The standard InChI is InChI=1S/C20H27N3O6S3/c1-4-21-17-13-23(10-5-11-28-3)32(26,27)19-16(17)12-18(30-19)31(25)22-20(24)29-15-8-6-14(2)7-9-15/h6-9,12,17,21H,4-5,10-11,13H2,1-3H3,(H,22,24)/t17-,31?/m0/s1. The van der Waals surface area contributed by atoms with Gasteiger partial charge in [0.1, 0.15) is 14.2 Å². The summed E-state index contributed by atoms with van der Waals surface area (Å²) in [7, 11) is -4.12. The van der Waals surface area contributed by atoms with Crippen molar-refractivity contribution in [2.45, 2.75) is 34.7 Å². The number of methoxy groups -OCH3 is 1. The van der Waals surface area contributed by atoms with Crippen LogP contribution in [0.4, 0.5) is 4.79 Å². The van der Waals surface area contributed by atoms with Crippen molar-refractivity contribution in [2.24, 2.45) is 0 Å². The van der Waals surface area contributed by atoms with Gasteiger partial charge in [0.05, 0.1) is 0 Å². The summed E-state index contributed by atoms with van der Waals surface area (Å²) >= 11 is 0.902. The quantitative estimate of drug-likeness (QED) is 0.508. The van der Waals surface area contributed by atoms with E-state index in [2.05, 4.69) is 10.0 Å². The summed E-state index contributed by atoms with van der Waals surface area (Å²) in [5.74, 6) is 0.317. The Balaban J connectivity index is 1.78. The summed E-state index contributed by atoms with van der Waals surface area (Å²) in [5.41, 5.74) is 1.58. The number of hydrogen-bond acceptors (Lipinski definition) is 8. The van der Waals surface area contributed by atoms with Crippen molar-refractivity contribution in [3.8, 4) is 5.75 Å². The van der Waals surface area contributed by atoms with Crippen LogP contribution in [0.1, 0.15) is 30.5 Å². The zero-order valence-electron chi connectivity index (χ0n) is 18.1. The maximum absolute atomic E-state index is 13.1. The summed E-state index contributed by atoms with van der Waals surface area (Å²) in [6.07, 6.45) is -0.314. The van der Waals surface area contributed by atoms with Gasteiger partial charge >= 0.3 is 6.09 Å². The van der Waals surface area contributed by atoms with Crippen LogP contribution in [0.5, 0.6) is 5.75 Å². The maximum Gasteiger partial charge on any atom is 0.424 e. The van der Waals surface area contributed by atoms with Gasteiger partial charge < -0.3 is 14.8 Å². The number of nitrogens with one attached hydrogen (secondary N) is 2. The third kappa shape index (κ3) is 5.74. The Morgan fingerprint density at radius 2 is 2.03 bits per heavy atom. The minimum absolute atomic E-state index is 0.143. The fraction of sp³-hybridized carbons (Fsp3) is 0.450. The number of aryl methyl sites for hydroxylation is 1. The molecule has 0 saturated carbocycles. The van der Waals surface area contributed by atoms with Crippen molar-refractivity contribution < 1.29 is 26.9 Å². The summed E-state index contributed by atoms with van der Waals surface area (Å²) < 4.78 is 53.3. The van der Waals surface area contributed by atoms with Gasteiger partial charge in [0.15, 0.2) is 11.0 Å². The van der Waals surface area contributed by atoms with Crippen molar-refractivity contribution >= 4 is 38.4 Å². The lowest BCUT2D eigenvalue weighted by molar-refractivity contribution is 0.185. The summed E-state index contributed by atoms with van der Waals surface area (Å²) in [4.78, 5) is 12.1. The van der Waals surface area contributed by atoms with Gasteiger partial charge in [-0.25, -0.2) is 22.1 Å². The fourth-order valence-electron chi connectivity index (χ4n) is 3.30. The van der Waals surface area contributed by atoms with E-state index in [9.17, 15) is 17.4 Å². The van der Waals surface area contributed by atoms with E-state index in [1.807, 2.05) is 13.8 Å². The average molecular weight is 502 g/mol. The SMILES string of the molecule is CCN[C@H]1CN(CCCOC)S(=O)(=O)c2sc(S(=O)NC(=O)Oc3ccc(C)cc3)cc21. The van der Waals surface area contributed by atoms with Crippen LogP contribution in [-0.4, -0.2) is 56.4 Å². The molecule has 2 aromatic rings. The van der Waals surface area contributed by atoms with Crippen LogP contribution in [0.15, 0.2) is 38.8 Å². The molecular weight excluding hydrogens is 474 g/mol. The van der Waals surface area contributed by atoms with Gasteiger partial charge in [-0.05, 0) is 38.1 Å². The Labute approximate surface area is 194 Å². The number of thiophene rings is 1. The van der Waals surface area contributed by atoms with Crippen molar-refractivity contribution in [3.05, 3.63) is 41.5 Å². The Morgan fingerprint density at radius 3 is 2.69 bits per heavy atom. The molecule has 3 rings (SSSR count). The molecule has 32 heavy (non-hydrogen) atoms. The van der Waals surface area contributed by atoms with Gasteiger partial charge in [0.25, 0.3) is 10.0 Å². The molecule has 0 fully saturated rings. The highest BCUT2D eigenvalue weighted by molar-refractivity contribution is 7.92. The molecule has 9 nitrogen and oxygen atoms in total. The van der Waals surface area contributed by atoms with E-state index in [4.69, 9.17) is 9.47 Å². The monoisotopic (exact) mass is 501 g/mol. The third-order valence-corrected chi connectivity index (χ3v) is 9.71. The van der Waals surface area contributed by atoms with Crippen LogP contribution in [0.2, 0.25) is 0 Å². The highest BCUT2D eigenvalue weighted by Crippen LogP contribution is 2.39. The van der Waals surface area contributed by atoms with E-state index in [1.54, 1.807) is 37.4 Å². The average Bonchev–Trinajstić information content (AvgIpc) is 3.20. The van der Waals surface area contributed by atoms with E-state index in [1.165, 1.54) is 4.31 Å². The van der Waals surface area contributed by atoms with Crippen molar-refractivity contribution in [3.63, 3.8) is 0 Å². The molecule has 176 valence electrons. The van der Waals surface area contributed by atoms with Gasteiger partial charge in [-0.1, -0.05) is 24.6 Å². The van der Waals surface area contributed by atoms with Gasteiger partial charge in [0.2, 0.25) is 0 Å². The maximum atomic E-state index is 13.1. The largest absolute Gasteiger partial charge is 0.424 e. The van der Waals surface area contributed by atoms with Crippen LogP contribution in [-0.2, 0) is 25.7 Å². The molecule has 1 aromatic heterocycles. The minimum atomic E-state index is -3.73. The number of benzene rings is 1. The smallest absolute Gasteiger partial charge is 0.410 e. The molecule has 0 saturated heterocycles. The lowest BCUT2D eigenvalue weighted by Crippen LogP contribution is -2.43. The van der Waals surface area contributed by atoms with Crippen molar-refractivity contribution in [1.82, 2.24) is 14.3 Å². The predicted octanol–water partition coefficient (Wildman–Crippen LogP) is 2.56. The lowest BCUT2D eigenvalue weighted by Gasteiger charge is -2.32. The number of fused-ring (bicyclic) bond motifs is 1. The Morgan fingerprint density at radius 1 is 1.31 bits per heavy atom. The summed E-state index contributed by atoms with van der Waals surface area (Å²) in [6, 6.07) is 8.19. The predicted molar refractivity (Wildman–Crippen MR) is 123 cm³/mol. The number of sulfonamides is 1. The topological polar surface area (TPSA) is 114 Å². The molecule has 1 unspecified atom stereocenters. The number of amides is 1. The van der Waals surface area contributed by atoms with Crippen LogP contribution in [0.25, 0.3) is 0 Å². The highest BCUT2D eigenvalue weighted by Gasteiger charge is 2.39. The fourth-order valence-corrected chi connectivity index (χ4v) is 7.80. The summed E-state index contributed by atoms with van der Waals surface area (Å²) in [5, 5.41) is 3.29. The Bertz CT molecular complexity index is 1070. The van der Waals surface area contributed by atoms with Gasteiger partial charge in [-0.15, -0.1) is 11.3 Å². The van der Waals surface area contributed by atoms with Crippen molar-refractivity contribution in [2.75, 3.05) is 33.4 Å². The zero-order valence-corrected chi connectivity index (χ0v) is 20.6. The van der Waals surface area contributed by atoms with Crippen LogP contribution in [0, 0.1) is 6.92 Å². The molecule has 1 amide bonds. The lowest BCUT2D eigenvalue weighted by atomic mass is 10.1. The number of rotatable bonds is 9. The molecule has 0 bridgehead atoms. The van der Waals surface area contributed by atoms with Gasteiger partial charge in [0, 0.05) is 38.4 Å². The number of carbonyl (C=O) groups excluding carboxylic acids is 1. The first-order valence-electron chi connectivity index (χ1n) is 10.1. The first-order chi connectivity index (χ1) is 15.3. The second-order valence-corrected chi connectivity index (χ2v) is 11.8. The molecule has 0 aliphatic carbocycles. The molecular formula is C20H27N3O6S3. The minimum Gasteiger partial charge on any atom is -0.410 e. The highest BCUT2D eigenvalue weighted by atomic mass is 32.3. The van der Waals surface area contributed by atoms with Gasteiger partial charge in [-0.2, -0.15) is 4.31 Å². The first kappa shape index (κ1) is 24.8. The number of carbonyl (C=O) groups is 1. The number of ether oxygens (including phenoxy) is 2. The molecule has 2 atom stereocenters. The second kappa shape index (κ2) is 10.9. The molecule has 0 spiro atoms. The van der Waals surface area contributed by atoms with Crippen molar-refractivity contribution in [1.29, 1.82) is 0 Å². The van der Waals surface area contributed by atoms with Crippen LogP contribution >= 0.6 is 11.3 Å². The molecule has 2 heterocycles. The molecule has 1 aromatic carbocycles. The zero-order chi connectivity index (χ0) is 23.3. The molecule has 1 aliphatic rings. The first-order valence-corrected chi connectivity index (χ1v) is 13.5. The molecule has 2 N–H and O–H groups in total. The number of likely N-dealkylation sites (N-methyl/N-ethyl adjacent to an activating group) is 1. The molecule has 0 radical (unpaired) electrons. The number of nitrogens with zero attached hydrogens (tertiary/aromatic N) is 1. The van der Waals surface area contributed by atoms with E-state index < -0.39 is 27.1 Å².